The van der Waals surface area contributed by atoms with Gasteiger partial charge in [-0.25, -0.2) is 0 Å². The monoisotopic (exact) mass is 393 g/mol. The third-order valence-corrected chi connectivity index (χ3v) is 5.15. The van der Waals surface area contributed by atoms with Crippen molar-refractivity contribution in [1.29, 1.82) is 0 Å². The SMILES string of the molecule is Cc1ccc(NC2CC(c3ccc(Br)cc3)C2)c(Br)c1. The molecule has 0 spiro atoms. The Kier molecular flexibility index (Phi) is 4.18. The molecular weight excluding hydrogens is 378 g/mol. The van der Waals surface area contributed by atoms with Gasteiger partial charge in [-0.05, 0) is 77.0 Å². The van der Waals surface area contributed by atoms with Gasteiger partial charge in [0.1, 0.15) is 0 Å². The summed E-state index contributed by atoms with van der Waals surface area (Å²) in [6, 6.07) is 15.8. The number of anilines is 1. The lowest BCUT2D eigenvalue weighted by atomic mass is 9.76. The highest BCUT2D eigenvalue weighted by molar-refractivity contribution is 9.10. The van der Waals surface area contributed by atoms with Crippen molar-refractivity contribution in [1.82, 2.24) is 0 Å². The summed E-state index contributed by atoms with van der Waals surface area (Å²) in [5, 5.41) is 3.63. The van der Waals surface area contributed by atoms with Crippen molar-refractivity contribution in [3.05, 3.63) is 62.5 Å². The van der Waals surface area contributed by atoms with Gasteiger partial charge in [0.05, 0.1) is 0 Å². The van der Waals surface area contributed by atoms with E-state index in [0.29, 0.717) is 12.0 Å². The van der Waals surface area contributed by atoms with Gasteiger partial charge >= 0.3 is 0 Å². The Bertz CT molecular complexity index is 601. The van der Waals surface area contributed by atoms with E-state index in [2.05, 4.69) is 86.6 Å². The molecule has 1 aliphatic carbocycles. The van der Waals surface area contributed by atoms with Crippen LogP contribution in [0.4, 0.5) is 5.69 Å². The fourth-order valence-electron chi connectivity index (χ4n) is 2.70. The predicted molar refractivity (Wildman–Crippen MR) is 92.4 cm³/mol. The minimum atomic E-state index is 0.586. The van der Waals surface area contributed by atoms with Crippen LogP contribution in [0.5, 0.6) is 0 Å². The molecule has 2 aromatic carbocycles. The second kappa shape index (κ2) is 5.90. The lowest BCUT2D eigenvalue weighted by Crippen LogP contribution is -2.34. The molecule has 20 heavy (non-hydrogen) atoms. The fraction of sp³-hybridized carbons (Fsp3) is 0.294. The molecule has 104 valence electrons. The van der Waals surface area contributed by atoms with E-state index in [9.17, 15) is 0 Å². The third-order valence-electron chi connectivity index (χ3n) is 3.96. The highest BCUT2D eigenvalue weighted by Gasteiger charge is 2.30. The van der Waals surface area contributed by atoms with Gasteiger partial charge in [-0.2, -0.15) is 0 Å². The topological polar surface area (TPSA) is 12.0 Å². The number of benzene rings is 2. The van der Waals surface area contributed by atoms with E-state index in [1.807, 2.05) is 0 Å². The van der Waals surface area contributed by atoms with Gasteiger partial charge < -0.3 is 5.32 Å². The van der Waals surface area contributed by atoms with E-state index in [0.717, 1.165) is 8.95 Å². The van der Waals surface area contributed by atoms with Crippen molar-refractivity contribution in [3.63, 3.8) is 0 Å². The lowest BCUT2D eigenvalue weighted by Gasteiger charge is -2.37. The first-order chi connectivity index (χ1) is 9.61. The van der Waals surface area contributed by atoms with Gasteiger partial charge in [-0.15, -0.1) is 0 Å². The van der Waals surface area contributed by atoms with Crippen molar-refractivity contribution in [2.45, 2.75) is 31.7 Å². The maximum atomic E-state index is 3.63. The van der Waals surface area contributed by atoms with E-state index >= 15 is 0 Å². The molecule has 0 unspecified atom stereocenters. The Morgan fingerprint density at radius 3 is 2.35 bits per heavy atom. The molecule has 0 aliphatic heterocycles. The molecule has 1 fully saturated rings. The summed E-state index contributed by atoms with van der Waals surface area (Å²) in [5.74, 6) is 0.699. The standard InChI is InChI=1S/C17H17Br2N/c1-11-2-7-17(16(19)8-11)20-15-9-13(10-15)12-3-5-14(18)6-4-12/h2-8,13,15,20H,9-10H2,1H3. The number of aryl methyl sites for hydroxylation is 1. The summed E-state index contributed by atoms with van der Waals surface area (Å²) >= 11 is 7.12. The van der Waals surface area contributed by atoms with Crippen molar-refractivity contribution >= 4 is 37.5 Å². The maximum absolute atomic E-state index is 3.63. The van der Waals surface area contributed by atoms with Crippen molar-refractivity contribution < 1.29 is 0 Å². The summed E-state index contributed by atoms with van der Waals surface area (Å²) in [5.41, 5.74) is 3.94. The minimum Gasteiger partial charge on any atom is -0.381 e. The second-order valence-electron chi connectivity index (χ2n) is 5.54. The van der Waals surface area contributed by atoms with E-state index in [4.69, 9.17) is 0 Å². The molecule has 2 aromatic rings. The molecule has 0 radical (unpaired) electrons. The van der Waals surface area contributed by atoms with Crippen LogP contribution >= 0.6 is 31.9 Å². The van der Waals surface area contributed by atoms with Crippen LogP contribution in [0.1, 0.15) is 29.9 Å². The number of halogens is 2. The van der Waals surface area contributed by atoms with Crippen LogP contribution in [0.2, 0.25) is 0 Å². The zero-order chi connectivity index (χ0) is 14.1. The average molecular weight is 395 g/mol. The van der Waals surface area contributed by atoms with Crippen LogP contribution in [0.25, 0.3) is 0 Å². The molecule has 0 saturated heterocycles. The smallest absolute Gasteiger partial charge is 0.0486 e. The first kappa shape index (κ1) is 14.2. The average Bonchev–Trinajstić information content (AvgIpc) is 2.37. The summed E-state index contributed by atoms with van der Waals surface area (Å²) in [6.45, 7) is 2.11. The van der Waals surface area contributed by atoms with Crippen molar-refractivity contribution in [2.75, 3.05) is 5.32 Å². The number of rotatable bonds is 3. The normalized spacial score (nSPS) is 21.4. The Hall–Kier alpha value is -0.800. The fourth-order valence-corrected chi connectivity index (χ4v) is 3.57. The van der Waals surface area contributed by atoms with Gasteiger partial charge in [0.15, 0.2) is 0 Å². The van der Waals surface area contributed by atoms with Crippen molar-refractivity contribution in [3.8, 4) is 0 Å². The highest BCUT2D eigenvalue weighted by atomic mass is 79.9. The molecule has 1 N–H and O–H groups in total. The van der Waals surface area contributed by atoms with E-state index in [-0.39, 0.29) is 0 Å². The Morgan fingerprint density at radius 2 is 1.70 bits per heavy atom. The zero-order valence-electron chi connectivity index (χ0n) is 11.4. The predicted octanol–water partition coefficient (Wildman–Crippen LogP) is 5.88. The van der Waals surface area contributed by atoms with Crippen LogP contribution in [0.15, 0.2) is 51.4 Å². The van der Waals surface area contributed by atoms with E-state index in [1.165, 1.54) is 29.7 Å². The second-order valence-corrected chi connectivity index (χ2v) is 7.31. The Morgan fingerprint density at radius 1 is 1.00 bits per heavy atom. The lowest BCUT2D eigenvalue weighted by molar-refractivity contribution is 0.374. The maximum Gasteiger partial charge on any atom is 0.0486 e. The third kappa shape index (κ3) is 3.09. The van der Waals surface area contributed by atoms with Crippen LogP contribution in [0.3, 0.4) is 0 Å². The van der Waals surface area contributed by atoms with E-state index < -0.39 is 0 Å². The minimum absolute atomic E-state index is 0.586. The number of hydrogen-bond donors (Lipinski definition) is 1. The Labute approximate surface area is 137 Å². The van der Waals surface area contributed by atoms with Crippen LogP contribution in [-0.4, -0.2) is 6.04 Å². The first-order valence-electron chi connectivity index (χ1n) is 6.90. The molecule has 1 nitrogen and oxygen atoms in total. The van der Waals surface area contributed by atoms with Gasteiger partial charge in [0.2, 0.25) is 0 Å². The highest BCUT2D eigenvalue weighted by Crippen LogP contribution is 2.39. The van der Waals surface area contributed by atoms with Gasteiger partial charge in [-0.3, -0.25) is 0 Å². The number of nitrogens with one attached hydrogen (secondary N) is 1. The molecular formula is C17H17Br2N. The summed E-state index contributed by atoms with van der Waals surface area (Å²) < 4.78 is 2.31. The van der Waals surface area contributed by atoms with Gasteiger partial charge in [0, 0.05) is 20.7 Å². The van der Waals surface area contributed by atoms with Gasteiger partial charge in [-0.1, -0.05) is 34.1 Å². The van der Waals surface area contributed by atoms with Crippen LogP contribution < -0.4 is 5.32 Å². The summed E-state index contributed by atoms with van der Waals surface area (Å²) in [6.07, 6.45) is 2.42. The molecule has 0 bridgehead atoms. The van der Waals surface area contributed by atoms with Crippen LogP contribution in [0, 0.1) is 6.92 Å². The van der Waals surface area contributed by atoms with Crippen molar-refractivity contribution in [2.24, 2.45) is 0 Å². The summed E-state index contributed by atoms with van der Waals surface area (Å²) in [7, 11) is 0. The molecule has 1 saturated carbocycles. The summed E-state index contributed by atoms with van der Waals surface area (Å²) in [4.78, 5) is 0. The van der Waals surface area contributed by atoms with Crippen LogP contribution in [-0.2, 0) is 0 Å². The molecule has 3 rings (SSSR count). The molecule has 0 amide bonds. The number of hydrogen-bond acceptors (Lipinski definition) is 1. The first-order valence-corrected chi connectivity index (χ1v) is 8.48. The molecule has 0 aromatic heterocycles. The molecule has 0 heterocycles. The van der Waals surface area contributed by atoms with E-state index in [1.54, 1.807) is 0 Å². The quantitative estimate of drug-likeness (QED) is 0.685. The molecule has 0 atom stereocenters. The molecule has 1 aliphatic rings. The zero-order valence-corrected chi connectivity index (χ0v) is 14.5. The Balaban J connectivity index is 1.59. The molecule has 3 heteroatoms. The van der Waals surface area contributed by atoms with Gasteiger partial charge in [0.25, 0.3) is 0 Å². The largest absolute Gasteiger partial charge is 0.381 e.